The maximum absolute atomic E-state index is 13.2. The minimum Gasteiger partial charge on any atom is -0.457 e. The van der Waals surface area contributed by atoms with Crippen LogP contribution < -0.4 is 35.5 Å². The summed E-state index contributed by atoms with van der Waals surface area (Å²) in [5.74, 6) is 6.60. The zero-order chi connectivity index (χ0) is 92.5. The van der Waals surface area contributed by atoms with E-state index in [-0.39, 0.29) is 48.1 Å². The van der Waals surface area contributed by atoms with Gasteiger partial charge in [0.05, 0.1) is 56.6 Å². The molecule has 4 N–H and O–H groups in total. The number of rotatable bonds is 30. The van der Waals surface area contributed by atoms with Crippen LogP contribution in [0.25, 0.3) is 33.1 Å². The number of benzene rings is 6. The van der Waals surface area contributed by atoms with E-state index < -0.39 is 5.60 Å². The van der Waals surface area contributed by atoms with Gasteiger partial charge in [-0.3, -0.25) is 44.0 Å². The van der Waals surface area contributed by atoms with Crippen LogP contribution in [0.15, 0.2) is 177 Å². The van der Waals surface area contributed by atoms with Gasteiger partial charge in [-0.05, 0) is 230 Å². The summed E-state index contributed by atoms with van der Waals surface area (Å²) in [7, 11) is 5.99. The van der Waals surface area contributed by atoms with Crippen molar-refractivity contribution >= 4 is 91.5 Å². The summed E-state index contributed by atoms with van der Waals surface area (Å²) in [5.41, 5.74) is 18.0. The third kappa shape index (κ3) is 25.1. The maximum Gasteiger partial charge on any atom is 0.410 e. The molecule has 0 spiro atoms. The van der Waals surface area contributed by atoms with Gasteiger partial charge < -0.3 is 73.5 Å². The summed E-state index contributed by atoms with van der Waals surface area (Å²) in [4.78, 5) is 94.5. The number of piperazine rings is 3. The first-order valence-electron chi connectivity index (χ1n) is 46.9. The number of carbonyl (C=O) groups is 4. The van der Waals surface area contributed by atoms with E-state index in [9.17, 15) is 19.2 Å². The number of piperidine rings is 2. The Morgan fingerprint density at radius 1 is 0.409 bits per heavy atom. The number of nitrogens with one attached hydrogen (secondary N) is 4. The number of likely N-dealkylation sites (tertiary alicyclic amines) is 1. The lowest BCUT2D eigenvalue weighted by Gasteiger charge is -2.34. The van der Waals surface area contributed by atoms with Crippen LogP contribution in [0, 0.1) is 32.6 Å². The number of ether oxygens (including phenoxy) is 4. The van der Waals surface area contributed by atoms with Gasteiger partial charge in [0.25, 0.3) is 0 Å². The first-order valence-corrected chi connectivity index (χ1v) is 46.9. The molecule has 12 aromatic rings. The zero-order valence-electron chi connectivity index (χ0n) is 79.0. The number of hydrogen-bond donors (Lipinski definition) is 4. The van der Waals surface area contributed by atoms with Crippen LogP contribution in [-0.2, 0) is 79.2 Å². The van der Waals surface area contributed by atoms with Gasteiger partial charge in [0.15, 0.2) is 5.78 Å². The second-order valence-corrected chi connectivity index (χ2v) is 36.5. The first kappa shape index (κ1) is 94.4. The number of imidazole rings is 3. The lowest BCUT2D eigenvalue weighted by atomic mass is 9.90. The molecule has 5 aliphatic heterocycles. The highest BCUT2D eigenvalue weighted by Crippen LogP contribution is 2.36. The molecular formula is C104H130N20O8. The second-order valence-electron chi connectivity index (χ2n) is 36.5. The van der Waals surface area contributed by atoms with Crippen molar-refractivity contribution in [3.63, 3.8) is 0 Å². The molecule has 0 saturated carbocycles. The summed E-state index contributed by atoms with van der Waals surface area (Å²) in [6.07, 6.45) is 9.83. The van der Waals surface area contributed by atoms with Gasteiger partial charge in [-0.2, -0.15) is 0 Å². The van der Waals surface area contributed by atoms with E-state index in [1.165, 1.54) is 39.5 Å². The van der Waals surface area contributed by atoms with Gasteiger partial charge in [0, 0.05) is 229 Å². The molecule has 5 aliphatic rings. The molecule has 17 rings (SSSR count). The third-order valence-electron chi connectivity index (χ3n) is 26.0. The lowest BCUT2D eigenvalue weighted by Crippen LogP contribution is -2.45. The predicted molar refractivity (Wildman–Crippen MR) is 523 cm³/mol. The van der Waals surface area contributed by atoms with Crippen molar-refractivity contribution in [1.29, 1.82) is 0 Å². The van der Waals surface area contributed by atoms with Gasteiger partial charge in [-0.1, -0.05) is 45.5 Å². The van der Waals surface area contributed by atoms with Crippen LogP contribution in [0.4, 0.5) is 39.7 Å². The number of pyridine rings is 3. The van der Waals surface area contributed by atoms with Gasteiger partial charge in [-0.25, -0.2) is 19.7 Å². The van der Waals surface area contributed by atoms with Gasteiger partial charge in [-0.15, -0.1) is 0 Å². The van der Waals surface area contributed by atoms with E-state index in [0.29, 0.717) is 78.2 Å². The summed E-state index contributed by atoms with van der Waals surface area (Å²) in [6, 6.07) is 48.2. The van der Waals surface area contributed by atoms with Gasteiger partial charge in [0.1, 0.15) is 51.7 Å². The molecule has 28 heteroatoms. The van der Waals surface area contributed by atoms with E-state index >= 15 is 0 Å². The van der Waals surface area contributed by atoms with Gasteiger partial charge >= 0.3 is 6.09 Å². The van der Waals surface area contributed by atoms with Crippen molar-refractivity contribution in [3.05, 3.63) is 227 Å². The fraction of sp³-hybridized carbons (Fsp3) is 0.423. The molecule has 0 unspecified atom stereocenters. The van der Waals surface area contributed by atoms with Gasteiger partial charge in [0.2, 0.25) is 17.8 Å². The Morgan fingerprint density at radius 2 is 0.727 bits per heavy atom. The Hall–Kier alpha value is -12.3. The summed E-state index contributed by atoms with van der Waals surface area (Å²) < 4.78 is 30.1. The molecule has 6 aromatic heterocycles. The van der Waals surface area contributed by atoms with E-state index in [4.69, 9.17) is 33.9 Å². The third-order valence-corrected chi connectivity index (χ3v) is 26.0. The normalized spacial score (nSPS) is 16.0. The van der Waals surface area contributed by atoms with Crippen molar-refractivity contribution in [2.75, 3.05) is 140 Å². The number of fused-ring (bicyclic) bond motifs is 3. The van der Waals surface area contributed by atoms with Crippen molar-refractivity contribution in [3.8, 4) is 34.5 Å². The molecule has 28 nitrogen and oxygen atoms in total. The Kier molecular flexibility index (Phi) is 31.3. The number of allylic oxidation sites excluding steroid dienone is 1. The minimum absolute atomic E-state index is 0.0775. The Morgan fingerprint density at radius 3 is 1.05 bits per heavy atom. The highest BCUT2D eigenvalue weighted by molar-refractivity contribution is 5.91. The van der Waals surface area contributed by atoms with Crippen LogP contribution >= 0.6 is 0 Å². The lowest BCUT2D eigenvalue weighted by molar-refractivity contribution is -0.124. The van der Waals surface area contributed by atoms with Crippen molar-refractivity contribution in [2.24, 2.45) is 33.0 Å². The predicted octanol–water partition coefficient (Wildman–Crippen LogP) is 17.0. The Balaban J connectivity index is 0.000000153. The zero-order valence-corrected chi connectivity index (χ0v) is 79.0. The maximum atomic E-state index is 13.2. The average Bonchev–Trinajstić information content (AvgIpc) is 1.65. The number of hydrogen-bond acceptors (Lipinski definition) is 24. The van der Waals surface area contributed by atoms with Crippen LogP contribution in [0.5, 0.6) is 34.5 Å². The van der Waals surface area contributed by atoms with Crippen LogP contribution in [-0.4, -0.2) is 231 Å². The highest BCUT2D eigenvalue weighted by atomic mass is 16.6. The summed E-state index contributed by atoms with van der Waals surface area (Å²) >= 11 is 0. The Bertz CT molecular complexity index is 6020. The molecule has 6 aromatic carbocycles. The van der Waals surface area contributed by atoms with Crippen LogP contribution in [0.3, 0.4) is 0 Å². The molecular weight excluding hydrogens is 1660 g/mol. The number of likely N-dealkylation sites (N-methyl/N-ethyl adjacent to an activating group) is 3. The second kappa shape index (κ2) is 43.8. The molecule has 1 amide bonds. The first-order chi connectivity index (χ1) is 63.8. The number of ketones is 3. The highest BCUT2D eigenvalue weighted by Gasteiger charge is 2.32. The Labute approximate surface area is 776 Å². The quantitative estimate of drug-likeness (QED) is 0.0305. The largest absolute Gasteiger partial charge is 0.457 e. The summed E-state index contributed by atoms with van der Waals surface area (Å²) in [5, 5.41) is 13.8. The number of nitrogens with zero attached hydrogens (tertiary/aromatic N) is 16. The van der Waals surface area contributed by atoms with Crippen molar-refractivity contribution in [2.45, 2.75) is 132 Å². The number of aromatic nitrogens is 9. The van der Waals surface area contributed by atoms with E-state index in [0.717, 1.165) is 217 Å². The topological polar surface area (TPSA) is 268 Å². The molecule has 0 aliphatic carbocycles. The molecule has 0 bridgehead atoms. The molecule has 5 saturated heterocycles. The molecule has 132 heavy (non-hydrogen) atoms. The van der Waals surface area contributed by atoms with Crippen LogP contribution in [0.1, 0.15) is 118 Å². The number of aryl methyl sites for hydroxylation is 6. The number of Topliss-reactive ketones (excluding diaryl/α,β-unsaturated/α-hetero) is 2. The van der Waals surface area contributed by atoms with Crippen molar-refractivity contribution in [1.82, 2.24) is 83.2 Å². The van der Waals surface area contributed by atoms with E-state index in [1.807, 2.05) is 128 Å². The molecule has 0 radical (unpaired) electrons. The fourth-order valence-electron chi connectivity index (χ4n) is 17.8. The number of anilines is 6. The molecule has 0 atom stereocenters. The van der Waals surface area contributed by atoms with Crippen LogP contribution in [0.2, 0.25) is 0 Å². The summed E-state index contributed by atoms with van der Waals surface area (Å²) in [6.45, 7) is 45.1. The number of amides is 1. The fourth-order valence-corrected chi connectivity index (χ4v) is 17.8. The SMILES string of the molecule is C=CC(=O)Cc1cc(Oc2ccc3nc(Nc4ccc(CN5CCN(CC)CC5)c(C)c4)n(C)c3c2)ccn1.CCN1CCN(Cc2ccc(Nc3nc4ccc(Oc5ccnc(CC(=O)C6CCN(C(=O)OC(C)(C)C)CC6)c5)cc4n3C)cc2C)CC1.CCN1CCN(Cc2ccc(Nc3nc4ccc(Oc5ccnc(CC(=O)C6CCNCC6)c5)cc4n3C)cc2C)CC1. The van der Waals surface area contributed by atoms with E-state index in [1.54, 1.807) is 41.7 Å². The van der Waals surface area contributed by atoms with Crippen molar-refractivity contribution < 1.29 is 38.1 Å². The standard InChI is InChI=1S/C39H51N7O4.C34H43N7O2.C31H36N6O2/c1-7-44-18-20-45(21-19-44)26-29-8-9-30(22-27(29)2)41-37-42-34-11-10-32(25-35(34)43(37)6)49-33-12-15-40-31(23-33)24-36(47)28-13-16-46(17-14-28)38(48)50-39(3,4)5;1-4-40-15-17-41(18-16-40)23-26-5-6-27(19-24(26)2)37-34-38-31-8-7-29(22-32(31)39(34)3)43-30-11-14-36-28(20-30)21-33(42)25-9-12-35-13-10-25;1-5-26(38)18-25-19-28(11-12-32-25)39-27-9-10-29-30(20-27)35(4)31(34-29)33-24-8-7-23(22(3)17-24)21-37-15-13-36(6-2)14-16-37/h8-12,15,22-23,25,28H,7,13-14,16-21,24,26H2,1-6H3,(H,41,42);5-8,11,14,19-20,22,25,35H,4,9-10,12-13,15-18,21,23H2,1-3H3,(H,37,38);5,7-12,17,19-20H,1,6,13-16,18,21H2,2-4H3,(H,33,34). The minimum atomic E-state index is -0.538. The average molecular weight is 1790 g/mol. The molecule has 11 heterocycles. The molecule has 694 valence electrons. The smallest absolute Gasteiger partial charge is 0.410 e. The number of carbonyl (C=O) groups excluding carboxylic acids is 4. The van der Waals surface area contributed by atoms with E-state index in [2.05, 4.69) is 168 Å². The monoisotopic (exact) mass is 1790 g/mol. The molecule has 5 fully saturated rings.